The van der Waals surface area contributed by atoms with E-state index >= 15 is 0 Å². The average Bonchev–Trinajstić information content (AvgIpc) is 2.91. The van der Waals surface area contributed by atoms with Crippen molar-refractivity contribution in [2.75, 3.05) is 27.7 Å². The number of aryl methyl sites for hydroxylation is 1. The van der Waals surface area contributed by atoms with Gasteiger partial charge in [0.15, 0.2) is 0 Å². The predicted octanol–water partition coefficient (Wildman–Crippen LogP) is 4.33. The summed E-state index contributed by atoms with van der Waals surface area (Å²) < 4.78 is 5.26. The number of rotatable bonds is 6. The molecule has 1 fully saturated rings. The molecule has 0 radical (unpaired) electrons. The summed E-state index contributed by atoms with van der Waals surface area (Å²) in [4.78, 5) is 2.18. The molecule has 1 aliphatic rings. The van der Waals surface area contributed by atoms with Crippen LogP contribution in [0.4, 0.5) is 0 Å². The molecule has 1 N–H and O–H groups in total. The van der Waals surface area contributed by atoms with Crippen LogP contribution in [0.3, 0.4) is 0 Å². The third-order valence-electron chi connectivity index (χ3n) is 5.59. The van der Waals surface area contributed by atoms with Crippen molar-refractivity contribution in [1.29, 1.82) is 0 Å². The van der Waals surface area contributed by atoms with E-state index < -0.39 is 5.60 Å². The monoisotopic (exact) mass is 365 g/mol. The largest absolute Gasteiger partial charge is 0.497 e. The van der Waals surface area contributed by atoms with Gasteiger partial charge in [0.2, 0.25) is 0 Å². The first kappa shape index (κ1) is 19.7. The van der Waals surface area contributed by atoms with E-state index in [1.165, 1.54) is 11.1 Å². The van der Waals surface area contributed by atoms with Crippen LogP contribution in [0.15, 0.2) is 54.1 Å². The highest BCUT2D eigenvalue weighted by Crippen LogP contribution is 2.44. The lowest BCUT2D eigenvalue weighted by Crippen LogP contribution is -2.42. The molecule has 2 aromatic rings. The van der Waals surface area contributed by atoms with E-state index in [1.807, 2.05) is 12.1 Å². The Morgan fingerprint density at radius 2 is 1.93 bits per heavy atom. The van der Waals surface area contributed by atoms with Crippen LogP contribution in [-0.2, 0) is 6.42 Å². The van der Waals surface area contributed by atoms with Crippen LogP contribution >= 0.6 is 0 Å². The topological polar surface area (TPSA) is 32.7 Å². The Morgan fingerprint density at radius 1 is 1.19 bits per heavy atom. The van der Waals surface area contributed by atoms with Gasteiger partial charge >= 0.3 is 0 Å². The molecule has 2 aromatic carbocycles. The zero-order valence-corrected chi connectivity index (χ0v) is 16.9. The highest BCUT2D eigenvalue weighted by molar-refractivity contribution is 5.57. The average molecular weight is 366 g/mol. The molecule has 0 heterocycles. The van der Waals surface area contributed by atoms with Crippen molar-refractivity contribution in [3.8, 4) is 5.75 Å². The SMILES string of the molecule is COc1ccc(/C=C2\CCC(CN(C)C)C2(O)Cc2cccc(C)c2)cc1. The molecular weight excluding hydrogens is 334 g/mol. The van der Waals surface area contributed by atoms with Crippen molar-refractivity contribution in [3.05, 3.63) is 70.8 Å². The molecule has 3 heteroatoms. The summed E-state index contributed by atoms with van der Waals surface area (Å²) in [6.07, 6.45) is 4.79. The predicted molar refractivity (Wildman–Crippen MR) is 112 cm³/mol. The minimum absolute atomic E-state index is 0.234. The Morgan fingerprint density at radius 3 is 2.56 bits per heavy atom. The van der Waals surface area contributed by atoms with Crippen LogP contribution in [0.25, 0.3) is 6.08 Å². The highest BCUT2D eigenvalue weighted by Gasteiger charge is 2.45. The third kappa shape index (κ3) is 4.60. The van der Waals surface area contributed by atoms with Gasteiger partial charge < -0.3 is 14.7 Å². The van der Waals surface area contributed by atoms with E-state index in [0.29, 0.717) is 6.42 Å². The molecule has 0 spiro atoms. The Kier molecular flexibility index (Phi) is 6.03. The zero-order chi connectivity index (χ0) is 19.4. The summed E-state index contributed by atoms with van der Waals surface area (Å²) in [7, 11) is 5.84. The second kappa shape index (κ2) is 8.28. The molecule has 1 aliphatic carbocycles. The fourth-order valence-corrected chi connectivity index (χ4v) is 4.22. The van der Waals surface area contributed by atoms with Crippen molar-refractivity contribution in [2.24, 2.45) is 5.92 Å². The molecule has 1 saturated carbocycles. The number of methoxy groups -OCH3 is 1. The molecule has 0 aromatic heterocycles. The van der Waals surface area contributed by atoms with Gasteiger partial charge in [0.1, 0.15) is 5.75 Å². The minimum atomic E-state index is -0.808. The summed E-state index contributed by atoms with van der Waals surface area (Å²) in [6.45, 7) is 3.00. The third-order valence-corrected chi connectivity index (χ3v) is 5.59. The van der Waals surface area contributed by atoms with Gasteiger partial charge in [-0.2, -0.15) is 0 Å². The number of benzene rings is 2. The van der Waals surface area contributed by atoms with E-state index in [9.17, 15) is 5.11 Å². The summed E-state index contributed by atoms with van der Waals surface area (Å²) in [5.41, 5.74) is 3.88. The van der Waals surface area contributed by atoms with E-state index in [1.54, 1.807) is 7.11 Å². The Bertz CT molecular complexity index is 794. The standard InChI is InChI=1S/C24H31NO2/c1-18-6-5-7-20(14-18)16-24(26)21(10-11-22(24)17-25(2)3)15-19-8-12-23(27-4)13-9-19/h5-9,12-15,22,26H,10-11,16-17H2,1-4H3/b21-15+. The number of nitrogens with zero attached hydrogens (tertiary/aromatic N) is 1. The molecule has 0 bridgehead atoms. The fraction of sp³-hybridized carbons (Fsp3) is 0.417. The zero-order valence-electron chi connectivity index (χ0n) is 16.9. The van der Waals surface area contributed by atoms with Crippen molar-refractivity contribution in [1.82, 2.24) is 4.90 Å². The minimum Gasteiger partial charge on any atom is -0.497 e. The van der Waals surface area contributed by atoms with Gasteiger partial charge in [-0.25, -0.2) is 0 Å². The second-order valence-electron chi connectivity index (χ2n) is 8.03. The van der Waals surface area contributed by atoms with Gasteiger partial charge in [0.05, 0.1) is 12.7 Å². The van der Waals surface area contributed by atoms with Gasteiger partial charge in [-0.3, -0.25) is 0 Å². The van der Waals surface area contributed by atoms with Crippen molar-refractivity contribution >= 4 is 6.08 Å². The Balaban J connectivity index is 1.94. The normalized spacial score (nSPS) is 23.9. The molecular formula is C24H31NO2. The van der Waals surface area contributed by atoms with Crippen molar-refractivity contribution < 1.29 is 9.84 Å². The van der Waals surface area contributed by atoms with Gasteiger partial charge in [-0.1, -0.05) is 48.0 Å². The second-order valence-corrected chi connectivity index (χ2v) is 8.03. The number of hydrogen-bond acceptors (Lipinski definition) is 3. The molecule has 144 valence electrons. The van der Waals surface area contributed by atoms with Gasteiger partial charge in [0.25, 0.3) is 0 Å². The van der Waals surface area contributed by atoms with Crippen molar-refractivity contribution in [2.45, 2.75) is 31.8 Å². The number of ether oxygens (including phenoxy) is 1. The first-order valence-corrected chi connectivity index (χ1v) is 9.68. The quantitative estimate of drug-likeness (QED) is 0.827. The van der Waals surface area contributed by atoms with Gasteiger partial charge in [-0.05, 0) is 62.7 Å². The summed E-state index contributed by atoms with van der Waals surface area (Å²) in [5.74, 6) is 1.08. The van der Waals surface area contributed by atoms with Crippen molar-refractivity contribution in [3.63, 3.8) is 0 Å². The molecule has 0 saturated heterocycles. The first-order valence-electron chi connectivity index (χ1n) is 9.68. The maximum atomic E-state index is 11.8. The molecule has 3 nitrogen and oxygen atoms in total. The van der Waals surface area contributed by atoms with Crippen LogP contribution in [0.1, 0.15) is 29.5 Å². The van der Waals surface area contributed by atoms with E-state index in [-0.39, 0.29) is 5.92 Å². The summed E-state index contributed by atoms with van der Waals surface area (Å²) in [6, 6.07) is 16.5. The Labute approximate surface area is 163 Å². The van der Waals surface area contributed by atoms with E-state index in [4.69, 9.17) is 4.74 Å². The summed E-state index contributed by atoms with van der Waals surface area (Å²) >= 11 is 0. The van der Waals surface area contributed by atoms with Crippen LogP contribution in [0.2, 0.25) is 0 Å². The smallest absolute Gasteiger partial charge is 0.118 e. The van der Waals surface area contributed by atoms with E-state index in [2.05, 4.69) is 68.4 Å². The lowest BCUT2D eigenvalue weighted by atomic mass is 9.81. The maximum Gasteiger partial charge on any atom is 0.118 e. The maximum absolute atomic E-state index is 11.8. The molecule has 2 unspecified atom stereocenters. The van der Waals surface area contributed by atoms with Gasteiger partial charge in [0, 0.05) is 18.9 Å². The fourth-order valence-electron chi connectivity index (χ4n) is 4.22. The highest BCUT2D eigenvalue weighted by atomic mass is 16.5. The number of aliphatic hydroxyl groups is 1. The van der Waals surface area contributed by atoms with E-state index in [0.717, 1.165) is 36.3 Å². The lowest BCUT2D eigenvalue weighted by molar-refractivity contribution is 0.0257. The first-order chi connectivity index (χ1) is 12.9. The van der Waals surface area contributed by atoms with Crippen LogP contribution in [0, 0.1) is 12.8 Å². The van der Waals surface area contributed by atoms with Crippen LogP contribution in [0.5, 0.6) is 5.75 Å². The van der Waals surface area contributed by atoms with Crippen LogP contribution in [-0.4, -0.2) is 43.4 Å². The molecule has 3 rings (SSSR count). The van der Waals surface area contributed by atoms with Gasteiger partial charge in [-0.15, -0.1) is 0 Å². The lowest BCUT2D eigenvalue weighted by Gasteiger charge is -2.34. The number of hydrogen-bond donors (Lipinski definition) is 1. The molecule has 0 amide bonds. The van der Waals surface area contributed by atoms with Crippen LogP contribution < -0.4 is 4.74 Å². The summed E-state index contributed by atoms with van der Waals surface area (Å²) in [5, 5.41) is 11.8. The molecule has 0 aliphatic heterocycles. The molecule has 27 heavy (non-hydrogen) atoms. The Hall–Kier alpha value is -2.10. The molecule has 2 atom stereocenters.